The van der Waals surface area contributed by atoms with Gasteiger partial charge in [0.25, 0.3) is 0 Å². The van der Waals surface area contributed by atoms with E-state index >= 15 is 0 Å². The third kappa shape index (κ3) is 3.06. The fourth-order valence-corrected chi connectivity index (χ4v) is 3.63. The van der Waals surface area contributed by atoms with Crippen molar-refractivity contribution >= 4 is 23.5 Å². The average molecular weight is 312 g/mol. The summed E-state index contributed by atoms with van der Waals surface area (Å²) in [5, 5.41) is 14.0. The molecule has 0 radical (unpaired) electrons. The van der Waals surface area contributed by atoms with Gasteiger partial charge in [0, 0.05) is 25.6 Å². The second-order valence-electron chi connectivity index (χ2n) is 6.00. The molecule has 3 rings (SSSR count). The van der Waals surface area contributed by atoms with Crippen LogP contribution in [0.15, 0.2) is 0 Å². The summed E-state index contributed by atoms with van der Waals surface area (Å²) >= 11 is 5.99. The monoisotopic (exact) mass is 311 g/mol. The largest absolute Gasteiger partial charge is 0.389 e. The molecule has 1 saturated carbocycles. The van der Waals surface area contributed by atoms with Gasteiger partial charge in [-0.3, -0.25) is 0 Å². The summed E-state index contributed by atoms with van der Waals surface area (Å²) in [4.78, 5) is 14.9. The highest BCUT2D eigenvalue weighted by Crippen LogP contribution is 2.40. The van der Waals surface area contributed by atoms with Gasteiger partial charge in [0.2, 0.25) is 17.2 Å². The van der Waals surface area contributed by atoms with Crippen LogP contribution in [0.3, 0.4) is 0 Å². The molecule has 1 saturated heterocycles. The number of nitrogens with zero attached hydrogens (tertiary/aromatic N) is 4. The lowest BCUT2D eigenvalue weighted by Gasteiger charge is -2.47. The second kappa shape index (κ2) is 5.93. The minimum Gasteiger partial charge on any atom is -0.389 e. The Morgan fingerprint density at radius 2 is 2.19 bits per heavy atom. The average Bonchev–Trinajstić information content (AvgIpc) is 2.46. The molecular weight excluding hydrogens is 290 g/mol. The fourth-order valence-electron chi connectivity index (χ4n) is 3.47. The molecule has 0 bridgehead atoms. The summed E-state index contributed by atoms with van der Waals surface area (Å²) in [7, 11) is 0. The Bertz CT molecular complexity index is 514. The van der Waals surface area contributed by atoms with Crippen LogP contribution < -0.4 is 10.2 Å². The Balaban J connectivity index is 1.78. The van der Waals surface area contributed by atoms with Gasteiger partial charge in [-0.05, 0) is 37.8 Å². The maximum atomic E-state index is 10.7. The third-order valence-corrected chi connectivity index (χ3v) is 4.81. The van der Waals surface area contributed by atoms with Gasteiger partial charge >= 0.3 is 0 Å². The summed E-state index contributed by atoms with van der Waals surface area (Å²) < 4.78 is 0. The van der Waals surface area contributed by atoms with Gasteiger partial charge in [0.05, 0.1) is 5.60 Å². The normalized spacial score (nSPS) is 29.1. The summed E-state index contributed by atoms with van der Waals surface area (Å²) in [6.07, 6.45) is 5.10. The van der Waals surface area contributed by atoms with E-state index in [1.165, 1.54) is 6.42 Å². The summed E-state index contributed by atoms with van der Waals surface area (Å²) in [6.45, 7) is 4.28. The van der Waals surface area contributed by atoms with Crippen LogP contribution in [0.4, 0.5) is 11.9 Å². The van der Waals surface area contributed by atoms with E-state index in [2.05, 4.69) is 25.2 Å². The molecule has 7 heteroatoms. The first kappa shape index (κ1) is 14.8. The molecule has 2 fully saturated rings. The Labute approximate surface area is 130 Å². The van der Waals surface area contributed by atoms with Gasteiger partial charge in [-0.25, -0.2) is 0 Å². The molecule has 0 spiro atoms. The molecule has 2 atom stereocenters. The second-order valence-corrected chi connectivity index (χ2v) is 6.34. The Hall–Kier alpha value is -1.14. The number of anilines is 2. The first-order valence-electron chi connectivity index (χ1n) is 7.73. The lowest BCUT2D eigenvalue weighted by Crippen LogP contribution is -2.53. The summed E-state index contributed by atoms with van der Waals surface area (Å²) in [5.41, 5.74) is -0.490. The van der Waals surface area contributed by atoms with Gasteiger partial charge < -0.3 is 15.3 Å². The Kier molecular flexibility index (Phi) is 4.17. The molecule has 6 nitrogen and oxygen atoms in total. The van der Waals surface area contributed by atoms with Gasteiger partial charge in [0.1, 0.15) is 0 Å². The maximum absolute atomic E-state index is 10.7. The number of piperidine rings is 1. The summed E-state index contributed by atoms with van der Waals surface area (Å²) in [5.74, 6) is 1.42. The molecule has 1 aromatic heterocycles. The highest BCUT2D eigenvalue weighted by Gasteiger charge is 2.43. The standard InChI is InChI=1S/C14H22ClN5O/c1-2-16-12-17-11(15)18-13(19-12)20-8-7-14(21)6-4-3-5-10(14)9-20/h10,21H,2-9H2,1H3,(H,16,17,18,19). The molecule has 1 aliphatic heterocycles. The van der Waals surface area contributed by atoms with Crippen molar-refractivity contribution < 1.29 is 5.11 Å². The molecule has 1 aromatic rings. The molecule has 0 amide bonds. The van der Waals surface area contributed by atoms with Crippen molar-refractivity contribution in [2.45, 2.75) is 44.6 Å². The molecule has 21 heavy (non-hydrogen) atoms. The first-order chi connectivity index (χ1) is 10.1. The van der Waals surface area contributed by atoms with Crippen LogP contribution in [0.25, 0.3) is 0 Å². The molecular formula is C14H22ClN5O. The van der Waals surface area contributed by atoms with E-state index in [1.54, 1.807) is 0 Å². The highest BCUT2D eigenvalue weighted by atomic mass is 35.5. The smallest absolute Gasteiger partial charge is 0.231 e. The minimum atomic E-state index is -0.490. The Morgan fingerprint density at radius 1 is 1.33 bits per heavy atom. The number of hydrogen-bond donors (Lipinski definition) is 2. The van der Waals surface area contributed by atoms with Crippen molar-refractivity contribution in [3.8, 4) is 0 Å². The number of hydrogen-bond acceptors (Lipinski definition) is 6. The molecule has 0 aromatic carbocycles. The van der Waals surface area contributed by atoms with Crippen molar-refractivity contribution in [1.29, 1.82) is 0 Å². The molecule has 116 valence electrons. The van der Waals surface area contributed by atoms with E-state index in [-0.39, 0.29) is 5.28 Å². The van der Waals surface area contributed by atoms with Gasteiger partial charge in [-0.2, -0.15) is 15.0 Å². The topological polar surface area (TPSA) is 74.2 Å². The van der Waals surface area contributed by atoms with Crippen LogP contribution in [0.2, 0.25) is 5.28 Å². The van der Waals surface area contributed by atoms with E-state index in [9.17, 15) is 5.11 Å². The van der Waals surface area contributed by atoms with E-state index in [0.29, 0.717) is 17.8 Å². The van der Waals surface area contributed by atoms with E-state index in [4.69, 9.17) is 11.6 Å². The summed E-state index contributed by atoms with van der Waals surface area (Å²) in [6, 6.07) is 0. The molecule has 2 heterocycles. The van der Waals surface area contributed by atoms with Crippen LogP contribution in [0.1, 0.15) is 39.0 Å². The lowest BCUT2D eigenvalue weighted by atomic mass is 9.71. The number of nitrogens with one attached hydrogen (secondary N) is 1. The number of aliphatic hydroxyl groups is 1. The van der Waals surface area contributed by atoms with Crippen molar-refractivity contribution in [2.75, 3.05) is 29.9 Å². The zero-order valence-electron chi connectivity index (χ0n) is 12.3. The molecule has 1 aliphatic carbocycles. The Morgan fingerprint density at radius 3 is 3.00 bits per heavy atom. The van der Waals surface area contributed by atoms with Crippen LogP contribution >= 0.6 is 11.6 Å². The van der Waals surface area contributed by atoms with Gasteiger partial charge in [-0.1, -0.05) is 12.8 Å². The zero-order valence-corrected chi connectivity index (χ0v) is 13.1. The quantitative estimate of drug-likeness (QED) is 0.890. The van der Waals surface area contributed by atoms with E-state index < -0.39 is 5.60 Å². The molecule has 2 N–H and O–H groups in total. The van der Waals surface area contributed by atoms with Crippen LogP contribution in [-0.2, 0) is 0 Å². The van der Waals surface area contributed by atoms with Crippen molar-refractivity contribution in [1.82, 2.24) is 15.0 Å². The molecule has 2 unspecified atom stereocenters. The van der Waals surface area contributed by atoms with Crippen molar-refractivity contribution in [3.05, 3.63) is 5.28 Å². The SMILES string of the molecule is CCNc1nc(Cl)nc(N2CCC3(O)CCCCC3C2)n1. The van der Waals surface area contributed by atoms with E-state index in [0.717, 1.165) is 45.3 Å². The lowest BCUT2D eigenvalue weighted by molar-refractivity contribution is -0.0614. The minimum absolute atomic E-state index is 0.209. The number of fused-ring (bicyclic) bond motifs is 1. The molecule has 2 aliphatic rings. The third-order valence-electron chi connectivity index (χ3n) is 4.64. The maximum Gasteiger partial charge on any atom is 0.231 e. The predicted octanol–water partition coefficient (Wildman–Crippen LogP) is 2.09. The van der Waals surface area contributed by atoms with E-state index in [1.807, 2.05) is 6.92 Å². The highest BCUT2D eigenvalue weighted by molar-refractivity contribution is 6.28. The van der Waals surface area contributed by atoms with Crippen molar-refractivity contribution in [2.24, 2.45) is 5.92 Å². The fraction of sp³-hybridized carbons (Fsp3) is 0.786. The van der Waals surface area contributed by atoms with Crippen LogP contribution in [-0.4, -0.2) is 45.3 Å². The number of halogens is 1. The number of aromatic nitrogens is 3. The van der Waals surface area contributed by atoms with Gasteiger partial charge in [-0.15, -0.1) is 0 Å². The van der Waals surface area contributed by atoms with Crippen LogP contribution in [0, 0.1) is 5.92 Å². The van der Waals surface area contributed by atoms with Gasteiger partial charge in [0.15, 0.2) is 0 Å². The number of rotatable bonds is 3. The van der Waals surface area contributed by atoms with Crippen molar-refractivity contribution in [3.63, 3.8) is 0 Å². The zero-order chi connectivity index (χ0) is 14.9. The first-order valence-corrected chi connectivity index (χ1v) is 8.11. The predicted molar refractivity (Wildman–Crippen MR) is 82.7 cm³/mol. The van der Waals surface area contributed by atoms with Crippen LogP contribution in [0.5, 0.6) is 0 Å².